The number of aliphatic carboxylic acids is 1. The van der Waals surface area contributed by atoms with Gasteiger partial charge in [-0.3, -0.25) is 4.79 Å². The summed E-state index contributed by atoms with van der Waals surface area (Å²) >= 11 is 1.54. The maximum Gasteiger partial charge on any atom is 0.326 e. The third-order valence-corrected chi connectivity index (χ3v) is 4.83. The van der Waals surface area contributed by atoms with Gasteiger partial charge in [0.05, 0.1) is 5.92 Å². The molecular weight excluding hydrogens is 262 g/mol. The SMILES string of the molecule is CC1CCN(C(=O)C(C)c2cccs2)C(C(=O)O)C1. The first-order chi connectivity index (χ1) is 9.00. The third-order valence-electron chi connectivity index (χ3n) is 3.77. The van der Waals surface area contributed by atoms with Gasteiger partial charge in [0.1, 0.15) is 6.04 Å². The molecule has 1 aromatic rings. The molecule has 2 heterocycles. The maximum absolute atomic E-state index is 12.5. The first-order valence-corrected chi connectivity index (χ1v) is 7.45. The van der Waals surface area contributed by atoms with Crippen molar-refractivity contribution >= 4 is 23.2 Å². The van der Waals surface area contributed by atoms with Gasteiger partial charge in [0, 0.05) is 11.4 Å². The molecule has 4 nitrogen and oxygen atoms in total. The van der Waals surface area contributed by atoms with Crippen molar-refractivity contribution in [1.29, 1.82) is 0 Å². The summed E-state index contributed by atoms with van der Waals surface area (Å²) in [5, 5.41) is 11.2. The standard InChI is InChI=1S/C14H19NO3S/c1-9-5-6-15(11(8-9)14(17)18)13(16)10(2)12-4-3-7-19-12/h3-4,7,9-11H,5-6,8H2,1-2H3,(H,17,18). The molecule has 1 amide bonds. The number of hydrogen-bond acceptors (Lipinski definition) is 3. The van der Waals surface area contributed by atoms with Crippen LogP contribution in [0.4, 0.5) is 0 Å². The molecule has 5 heteroatoms. The van der Waals surface area contributed by atoms with Crippen LogP contribution in [-0.2, 0) is 9.59 Å². The molecule has 1 fully saturated rings. The summed E-state index contributed by atoms with van der Waals surface area (Å²) in [7, 11) is 0. The highest BCUT2D eigenvalue weighted by Gasteiger charge is 2.36. The van der Waals surface area contributed by atoms with E-state index in [0.29, 0.717) is 18.9 Å². The number of nitrogens with zero attached hydrogens (tertiary/aromatic N) is 1. The van der Waals surface area contributed by atoms with Crippen molar-refractivity contribution in [3.05, 3.63) is 22.4 Å². The molecule has 3 unspecified atom stereocenters. The van der Waals surface area contributed by atoms with Gasteiger partial charge in [-0.15, -0.1) is 11.3 Å². The number of carboxylic acids is 1. The smallest absolute Gasteiger partial charge is 0.326 e. The second-order valence-electron chi connectivity index (χ2n) is 5.25. The van der Waals surface area contributed by atoms with E-state index >= 15 is 0 Å². The van der Waals surface area contributed by atoms with Crippen LogP contribution in [0.25, 0.3) is 0 Å². The average molecular weight is 281 g/mol. The molecule has 1 N–H and O–H groups in total. The number of carbonyl (C=O) groups is 2. The molecule has 0 aliphatic carbocycles. The second kappa shape index (κ2) is 5.74. The van der Waals surface area contributed by atoms with Gasteiger partial charge < -0.3 is 10.0 Å². The lowest BCUT2D eigenvalue weighted by Crippen LogP contribution is -2.50. The summed E-state index contributed by atoms with van der Waals surface area (Å²) < 4.78 is 0. The van der Waals surface area contributed by atoms with Crippen LogP contribution in [0.2, 0.25) is 0 Å². The van der Waals surface area contributed by atoms with E-state index in [-0.39, 0.29) is 11.8 Å². The molecule has 2 rings (SSSR count). The van der Waals surface area contributed by atoms with Gasteiger partial charge in [-0.2, -0.15) is 0 Å². The van der Waals surface area contributed by atoms with E-state index in [9.17, 15) is 14.7 Å². The van der Waals surface area contributed by atoms with E-state index in [0.717, 1.165) is 11.3 Å². The molecule has 1 aromatic heterocycles. The zero-order chi connectivity index (χ0) is 14.0. The zero-order valence-electron chi connectivity index (χ0n) is 11.2. The Morgan fingerprint density at radius 2 is 2.26 bits per heavy atom. The molecule has 0 aromatic carbocycles. The highest BCUT2D eigenvalue weighted by atomic mass is 32.1. The van der Waals surface area contributed by atoms with Gasteiger partial charge in [0.2, 0.25) is 5.91 Å². The largest absolute Gasteiger partial charge is 0.480 e. The number of hydrogen-bond donors (Lipinski definition) is 1. The zero-order valence-corrected chi connectivity index (χ0v) is 12.0. The molecule has 0 radical (unpaired) electrons. The fourth-order valence-corrected chi connectivity index (χ4v) is 3.32. The molecule has 1 aliphatic rings. The van der Waals surface area contributed by atoms with Crippen molar-refractivity contribution in [2.45, 2.75) is 38.6 Å². The normalized spacial score (nSPS) is 25.1. The van der Waals surface area contributed by atoms with Crippen LogP contribution in [0.1, 0.15) is 37.5 Å². The topological polar surface area (TPSA) is 57.6 Å². The highest BCUT2D eigenvalue weighted by Crippen LogP contribution is 2.28. The average Bonchev–Trinajstić information content (AvgIpc) is 2.90. The van der Waals surface area contributed by atoms with Crippen molar-refractivity contribution in [3.63, 3.8) is 0 Å². The lowest BCUT2D eigenvalue weighted by atomic mass is 9.91. The molecule has 0 spiro atoms. The van der Waals surface area contributed by atoms with Crippen LogP contribution >= 0.6 is 11.3 Å². The Hall–Kier alpha value is -1.36. The Labute approximate surface area is 117 Å². The molecule has 1 saturated heterocycles. The fourth-order valence-electron chi connectivity index (χ4n) is 2.55. The summed E-state index contributed by atoms with van der Waals surface area (Å²) in [5.74, 6) is -0.850. The quantitative estimate of drug-likeness (QED) is 0.926. The third kappa shape index (κ3) is 2.97. The molecule has 3 atom stereocenters. The van der Waals surface area contributed by atoms with Crippen LogP contribution in [0.15, 0.2) is 17.5 Å². The molecule has 19 heavy (non-hydrogen) atoms. The van der Waals surface area contributed by atoms with Gasteiger partial charge in [0.25, 0.3) is 0 Å². The van der Waals surface area contributed by atoms with Crippen molar-refractivity contribution in [3.8, 4) is 0 Å². The maximum atomic E-state index is 12.5. The van der Waals surface area contributed by atoms with Gasteiger partial charge in [-0.1, -0.05) is 13.0 Å². The number of piperidine rings is 1. The van der Waals surface area contributed by atoms with Gasteiger partial charge in [0.15, 0.2) is 0 Å². The van der Waals surface area contributed by atoms with Crippen LogP contribution < -0.4 is 0 Å². The van der Waals surface area contributed by atoms with Crippen molar-refractivity contribution in [2.24, 2.45) is 5.92 Å². The van der Waals surface area contributed by atoms with Gasteiger partial charge >= 0.3 is 5.97 Å². The minimum Gasteiger partial charge on any atom is -0.480 e. The van der Waals surface area contributed by atoms with Crippen molar-refractivity contribution in [2.75, 3.05) is 6.54 Å². The predicted octanol–water partition coefficient (Wildman–Crippen LogP) is 2.56. The van der Waals surface area contributed by atoms with E-state index < -0.39 is 12.0 Å². The molecular formula is C14H19NO3S. The Balaban J connectivity index is 2.14. The van der Waals surface area contributed by atoms with E-state index in [1.54, 1.807) is 4.90 Å². The fraction of sp³-hybridized carbons (Fsp3) is 0.571. The number of rotatable bonds is 3. The summed E-state index contributed by atoms with van der Waals surface area (Å²) in [5.41, 5.74) is 0. The Morgan fingerprint density at radius 3 is 2.84 bits per heavy atom. The Morgan fingerprint density at radius 1 is 1.53 bits per heavy atom. The van der Waals surface area contributed by atoms with Crippen LogP contribution in [0.5, 0.6) is 0 Å². The minimum atomic E-state index is -0.890. The van der Waals surface area contributed by atoms with Gasteiger partial charge in [-0.05, 0) is 37.1 Å². The molecule has 0 saturated carbocycles. The number of carboxylic acid groups (broad SMARTS) is 1. The predicted molar refractivity (Wildman–Crippen MR) is 74.3 cm³/mol. The minimum absolute atomic E-state index is 0.0678. The number of amides is 1. The van der Waals surface area contributed by atoms with Crippen LogP contribution in [0, 0.1) is 5.92 Å². The van der Waals surface area contributed by atoms with Crippen molar-refractivity contribution in [1.82, 2.24) is 4.90 Å². The summed E-state index contributed by atoms with van der Waals surface area (Å²) in [6.45, 7) is 4.44. The van der Waals surface area contributed by atoms with Crippen LogP contribution in [-0.4, -0.2) is 34.5 Å². The van der Waals surface area contributed by atoms with Crippen LogP contribution in [0.3, 0.4) is 0 Å². The Kier molecular flexibility index (Phi) is 4.24. The number of thiophene rings is 1. The van der Waals surface area contributed by atoms with E-state index in [1.807, 2.05) is 31.4 Å². The summed E-state index contributed by atoms with van der Waals surface area (Å²) in [4.78, 5) is 26.4. The van der Waals surface area contributed by atoms with Crippen molar-refractivity contribution < 1.29 is 14.7 Å². The summed E-state index contributed by atoms with van der Waals surface area (Å²) in [6, 6.07) is 3.17. The molecule has 0 bridgehead atoms. The van der Waals surface area contributed by atoms with E-state index in [2.05, 4.69) is 0 Å². The lowest BCUT2D eigenvalue weighted by molar-refractivity contribution is -0.153. The van der Waals surface area contributed by atoms with E-state index in [1.165, 1.54) is 11.3 Å². The summed E-state index contributed by atoms with van der Waals surface area (Å²) in [6.07, 6.45) is 1.44. The first-order valence-electron chi connectivity index (χ1n) is 6.57. The van der Waals surface area contributed by atoms with E-state index in [4.69, 9.17) is 0 Å². The molecule has 104 valence electrons. The molecule has 1 aliphatic heterocycles. The number of carbonyl (C=O) groups excluding carboxylic acids is 1. The monoisotopic (exact) mass is 281 g/mol. The van der Waals surface area contributed by atoms with Gasteiger partial charge in [-0.25, -0.2) is 4.79 Å². The first kappa shape index (κ1) is 14.1. The Bertz CT molecular complexity index is 457. The lowest BCUT2D eigenvalue weighted by Gasteiger charge is -2.37. The highest BCUT2D eigenvalue weighted by molar-refractivity contribution is 7.10. The second-order valence-corrected chi connectivity index (χ2v) is 6.23. The number of likely N-dealkylation sites (tertiary alicyclic amines) is 1.